The summed E-state index contributed by atoms with van der Waals surface area (Å²) in [5.41, 5.74) is 1.30. The molecule has 0 atom stereocenters. The number of hydrogen-bond acceptors (Lipinski definition) is 4. The average molecular weight is 356 g/mol. The lowest BCUT2D eigenvalue weighted by Crippen LogP contribution is -1.98. The van der Waals surface area contributed by atoms with Gasteiger partial charge in [-0.15, -0.1) is 0 Å². The van der Waals surface area contributed by atoms with Crippen LogP contribution >= 0.6 is 7.60 Å². The van der Waals surface area contributed by atoms with E-state index in [1.54, 1.807) is 0 Å². The third-order valence-corrected chi connectivity index (χ3v) is 6.55. The van der Waals surface area contributed by atoms with Gasteiger partial charge in [-0.2, -0.15) is 0 Å². The summed E-state index contributed by atoms with van der Waals surface area (Å²) in [6.07, 6.45) is 12.6. The minimum Gasteiger partial charge on any atom is -0.465 e. The Morgan fingerprint density at radius 3 is 2.04 bits per heavy atom. The zero-order valence-electron chi connectivity index (χ0n) is 15.3. The number of rotatable bonds is 6. The lowest BCUT2D eigenvalue weighted by atomic mass is 10.00. The van der Waals surface area contributed by atoms with Gasteiger partial charge in [-0.05, 0) is 44.7 Å². The molecular formula is C19H33O4P. The van der Waals surface area contributed by atoms with Crippen molar-refractivity contribution in [3.05, 3.63) is 23.2 Å². The van der Waals surface area contributed by atoms with Crippen LogP contribution in [0.25, 0.3) is 0 Å². The van der Waals surface area contributed by atoms with Gasteiger partial charge in [-0.1, -0.05) is 38.5 Å². The van der Waals surface area contributed by atoms with Gasteiger partial charge in [-0.3, -0.25) is 4.57 Å². The summed E-state index contributed by atoms with van der Waals surface area (Å²) in [4.78, 5) is 0. The van der Waals surface area contributed by atoms with E-state index in [2.05, 4.69) is 6.07 Å². The van der Waals surface area contributed by atoms with Crippen molar-refractivity contribution in [1.82, 2.24) is 0 Å². The topological polar surface area (TPSA) is 48.7 Å². The largest absolute Gasteiger partial charge is 0.465 e. The van der Waals surface area contributed by atoms with E-state index in [4.69, 9.17) is 13.5 Å². The first-order chi connectivity index (χ1) is 11.7. The van der Waals surface area contributed by atoms with Gasteiger partial charge in [0, 0.05) is 6.42 Å². The monoisotopic (exact) mass is 356 g/mol. The summed E-state index contributed by atoms with van der Waals surface area (Å²) in [6.45, 7) is 4.45. The molecule has 0 amide bonds. The number of aryl methyl sites for hydroxylation is 2. The molecule has 1 aromatic heterocycles. The van der Waals surface area contributed by atoms with E-state index in [9.17, 15) is 4.57 Å². The molecule has 1 aliphatic carbocycles. The molecule has 0 N–H and O–H groups in total. The average Bonchev–Trinajstić information content (AvgIpc) is 2.89. The fraction of sp³-hybridized carbons (Fsp3) is 0.789. The lowest BCUT2D eigenvalue weighted by Gasteiger charge is -2.15. The highest BCUT2D eigenvalue weighted by molar-refractivity contribution is 7.53. The molecule has 1 aromatic rings. The van der Waals surface area contributed by atoms with Crippen LogP contribution in [0.5, 0.6) is 0 Å². The Bertz CT molecular complexity index is 484. The number of furan rings is 1. The fourth-order valence-electron chi connectivity index (χ4n) is 3.40. The zero-order valence-corrected chi connectivity index (χ0v) is 16.2. The summed E-state index contributed by atoms with van der Waals surface area (Å²) in [5.74, 6) is 1.84. The van der Waals surface area contributed by atoms with Gasteiger partial charge in [0.25, 0.3) is 0 Å². The minimum atomic E-state index is -3.09. The van der Waals surface area contributed by atoms with Crippen LogP contribution in [0.15, 0.2) is 10.5 Å². The van der Waals surface area contributed by atoms with E-state index in [-0.39, 0.29) is 6.16 Å². The second-order valence-corrected chi connectivity index (χ2v) is 8.65. The Labute approximate surface area is 146 Å². The van der Waals surface area contributed by atoms with Crippen LogP contribution in [-0.4, -0.2) is 13.2 Å². The van der Waals surface area contributed by atoms with Crippen molar-refractivity contribution in [2.45, 2.75) is 84.2 Å². The van der Waals surface area contributed by atoms with Crippen LogP contribution in [0, 0.1) is 0 Å². The van der Waals surface area contributed by atoms with Crippen LogP contribution in [0.3, 0.4) is 0 Å². The Hall–Kier alpha value is -0.570. The molecule has 138 valence electrons. The Morgan fingerprint density at radius 1 is 0.917 bits per heavy atom. The third-order valence-electron chi connectivity index (χ3n) is 4.55. The second kappa shape index (κ2) is 10.4. The molecule has 0 unspecified atom stereocenters. The van der Waals surface area contributed by atoms with Crippen molar-refractivity contribution < 1.29 is 18.0 Å². The van der Waals surface area contributed by atoms with Crippen LogP contribution in [0.1, 0.15) is 82.3 Å². The van der Waals surface area contributed by atoms with Crippen molar-refractivity contribution in [2.24, 2.45) is 0 Å². The summed E-state index contributed by atoms with van der Waals surface area (Å²) in [5, 5.41) is 0. The van der Waals surface area contributed by atoms with Crippen molar-refractivity contribution in [3.63, 3.8) is 0 Å². The summed E-state index contributed by atoms with van der Waals surface area (Å²) in [7, 11) is -3.09. The molecule has 1 aliphatic rings. The smallest absolute Gasteiger partial charge is 0.338 e. The molecule has 2 rings (SSSR count). The highest BCUT2D eigenvalue weighted by Gasteiger charge is 2.27. The third kappa shape index (κ3) is 6.38. The predicted octanol–water partition coefficient (Wildman–Crippen LogP) is 6.27. The van der Waals surface area contributed by atoms with E-state index in [0.29, 0.717) is 13.2 Å². The SMILES string of the molecule is CCOP(=O)(Cc1cc2c(o1)CCCCCCCCCC2)OCC. The number of fused-ring (bicyclic) bond motifs is 1. The Kier molecular flexibility index (Phi) is 8.58. The molecule has 0 saturated carbocycles. The van der Waals surface area contributed by atoms with Crippen LogP contribution in [0.2, 0.25) is 0 Å². The first-order valence-corrected chi connectivity index (χ1v) is 11.4. The first kappa shape index (κ1) is 19.8. The van der Waals surface area contributed by atoms with Crippen molar-refractivity contribution in [3.8, 4) is 0 Å². The zero-order chi connectivity index (χ0) is 17.3. The summed E-state index contributed by atoms with van der Waals surface area (Å²) >= 11 is 0. The second-order valence-electron chi connectivity index (χ2n) is 6.59. The minimum absolute atomic E-state index is 0.238. The molecule has 1 heterocycles. The highest BCUT2D eigenvalue weighted by Crippen LogP contribution is 2.51. The van der Waals surface area contributed by atoms with Gasteiger partial charge in [0.1, 0.15) is 17.7 Å². The molecule has 4 nitrogen and oxygen atoms in total. The Balaban J connectivity index is 2.09. The van der Waals surface area contributed by atoms with E-state index < -0.39 is 7.60 Å². The molecule has 0 radical (unpaired) electrons. The molecule has 0 saturated heterocycles. The molecule has 0 fully saturated rings. The van der Waals surface area contributed by atoms with Gasteiger partial charge in [0.05, 0.1) is 13.2 Å². The molecule has 0 aromatic carbocycles. The first-order valence-electron chi connectivity index (χ1n) is 9.65. The van der Waals surface area contributed by atoms with Gasteiger partial charge in [0.15, 0.2) is 0 Å². The molecule has 24 heavy (non-hydrogen) atoms. The van der Waals surface area contributed by atoms with Gasteiger partial charge >= 0.3 is 7.60 Å². The predicted molar refractivity (Wildman–Crippen MR) is 97.6 cm³/mol. The van der Waals surface area contributed by atoms with Crippen molar-refractivity contribution >= 4 is 7.60 Å². The van der Waals surface area contributed by atoms with Gasteiger partial charge < -0.3 is 13.5 Å². The maximum Gasteiger partial charge on any atom is 0.338 e. The fourth-order valence-corrected chi connectivity index (χ4v) is 4.99. The lowest BCUT2D eigenvalue weighted by molar-refractivity contribution is 0.217. The molecule has 5 heteroatoms. The maximum atomic E-state index is 12.7. The highest BCUT2D eigenvalue weighted by atomic mass is 31.2. The number of hydrogen-bond donors (Lipinski definition) is 0. The van der Waals surface area contributed by atoms with Gasteiger partial charge in [0.2, 0.25) is 0 Å². The van der Waals surface area contributed by atoms with Crippen LogP contribution in [-0.2, 0) is 32.6 Å². The standard InChI is InChI=1S/C19H33O4P/c1-3-21-24(20,22-4-2)16-18-15-17-13-11-9-7-5-6-8-10-12-14-19(17)23-18/h15H,3-14,16H2,1-2H3. The van der Waals surface area contributed by atoms with Crippen LogP contribution in [0.4, 0.5) is 0 Å². The molecular weight excluding hydrogens is 323 g/mol. The maximum absolute atomic E-state index is 12.7. The molecule has 0 aliphatic heterocycles. The van der Waals surface area contributed by atoms with Gasteiger partial charge in [-0.25, -0.2) is 0 Å². The molecule has 0 spiro atoms. The van der Waals surface area contributed by atoms with Crippen LogP contribution < -0.4 is 0 Å². The van der Waals surface area contributed by atoms with E-state index in [0.717, 1.165) is 24.4 Å². The van der Waals surface area contributed by atoms with E-state index in [1.807, 2.05) is 13.8 Å². The normalized spacial score (nSPS) is 17.8. The van der Waals surface area contributed by atoms with E-state index >= 15 is 0 Å². The van der Waals surface area contributed by atoms with Crippen molar-refractivity contribution in [2.75, 3.05) is 13.2 Å². The van der Waals surface area contributed by atoms with Crippen molar-refractivity contribution in [1.29, 1.82) is 0 Å². The quantitative estimate of drug-likeness (QED) is 0.564. The summed E-state index contributed by atoms with van der Waals surface area (Å²) in [6, 6.07) is 2.09. The van der Waals surface area contributed by atoms with E-state index in [1.165, 1.54) is 56.9 Å². The molecule has 0 bridgehead atoms. The Morgan fingerprint density at radius 2 is 1.46 bits per heavy atom. The summed E-state index contributed by atoms with van der Waals surface area (Å²) < 4.78 is 29.6.